The average molecular weight is 252 g/mol. The van der Waals surface area contributed by atoms with Gasteiger partial charge in [0.15, 0.2) is 11.4 Å². The van der Waals surface area contributed by atoms with Crippen molar-refractivity contribution in [3.63, 3.8) is 0 Å². The highest BCUT2D eigenvalue weighted by molar-refractivity contribution is 5.77. The van der Waals surface area contributed by atoms with E-state index in [2.05, 4.69) is 4.98 Å². The number of benzene rings is 1. The molecule has 2 rings (SSSR count). The van der Waals surface area contributed by atoms with Crippen LogP contribution in [-0.4, -0.2) is 29.1 Å². The Bertz CT molecular complexity index is 567. The van der Waals surface area contributed by atoms with Crippen LogP contribution >= 0.6 is 0 Å². The number of anilines is 1. The molecule has 0 unspecified atom stereocenters. The Labute approximate surface area is 103 Å². The molecular weight excluding hydrogens is 239 g/mol. The third-order valence-corrected chi connectivity index (χ3v) is 2.45. The van der Waals surface area contributed by atoms with Crippen LogP contribution in [0.1, 0.15) is 13.3 Å². The van der Waals surface area contributed by atoms with E-state index in [9.17, 15) is 9.18 Å². The number of nitrogens with zero attached hydrogens (tertiary/aromatic N) is 2. The second kappa shape index (κ2) is 5.03. The number of oxazole rings is 1. The number of halogens is 1. The topological polar surface area (TPSA) is 66.6 Å². The highest BCUT2D eigenvalue weighted by atomic mass is 19.1. The zero-order valence-corrected chi connectivity index (χ0v) is 9.89. The summed E-state index contributed by atoms with van der Waals surface area (Å²) < 4.78 is 18.8. The van der Waals surface area contributed by atoms with Gasteiger partial charge in [-0.2, -0.15) is 4.98 Å². The largest absolute Gasteiger partial charge is 0.480 e. The van der Waals surface area contributed by atoms with Crippen molar-refractivity contribution < 1.29 is 18.7 Å². The number of rotatable bonds is 5. The molecule has 5 nitrogen and oxygen atoms in total. The molecule has 0 amide bonds. The Morgan fingerprint density at radius 1 is 1.56 bits per heavy atom. The van der Waals surface area contributed by atoms with Crippen molar-refractivity contribution >= 4 is 23.1 Å². The minimum absolute atomic E-state index is 0.124. The Morgan fingerprint density at radius 3 is 2.94 bits per heavy atom. The van der Waals surface area contributed by atoms with E-state index in [0.717, 1.165) is 6.42 Å². The van der Waals surface area contributed by atoms with Crippen LogP contribution in [0.15, 0.2) is 22.6 Å². The van der Waals surface area contributed by atoms with Crippen LogP contribution in [-0.2, 0) is 4.79 Å². The smallest absolute Gasteiger partial charge is 0.323 e. The summed E-state index contributed by atoms with van der Waals surface area (Å²) in [5.74, 6) is -1.46. The van der Waals surface area contributed by atoms with Crippen LogP contribution in [0.3, 0.4) is 0 Å². The summed E-state index contributed by atoms with van der Waals surface area (Å²) in [6.45, 7) is 2.18. The lowest BCUT2D eigenvalue weighted by molar-refractivity contribution is -0.135. The third-order valence-electron chi connectivity index (χ3n) is 2.45. The molecule has 18 heavy (non-hydrogen) atoms. The normalized spacial score (nSPS) is 10.8. The van der Waals surface area contributed by atoms with Gasteiger partial charge in [-0.1, -0.05) is 13.0 Å². The predicted molar refractivity (Wildman–Crippen MR) is 64.1 cm³/mol. The molecule has 96 valence electrons. The number of fused-ring (bicyclic) bond motifs is 1. The van der Waals surface area contributed by atoms with Crippen molar-refractivity contribution in [3.8, 4) is 0 Å². The number of carboxylic acid groups (broad SMARTS) is 1. The van der Waals surface area contributed by atoms with Gasteiger partial charge < -0.3 is 14.4 Å². The molecule has 1 aromatic carbocycles. The average Bonchev–Trinajstić information content (AvgIpc) is 2.73. The summed E-state index contributed by atoms with van der Waals surface area (Å²) in [5.41, 5.74) is 0.440. The highest BCUT2D eigenvalue weighted by Gasteiger charge is 2.17. The van der Waals surface area contributed by atoms with Crippen molar-refractivity contribution in [2.24, 2.45) is 0 Å². The van der Waals surface area contributed by atoms with E-state index in [4.69, 9.17) is 9.52 Å². The molecule has 0 spiro atoms. The van der Waals surface area contributed by atoms with E-state index in [0.29, 0.717) is 12.1 Å². The first kappa shape index (κ1) is 12.3. The zero-order valence-electron chi connectivity index (χ0n) is 9.89. The van der Waals surface area contributed by atoms with Gasteiger partial charge in [0.1, 0.15) is 12.1 Å². The molecule has 1 heterocycles. The number of hydrogen-bond acceptors (Lipinski definition) is 4. The van der Waals surface area contributed by atoms with E-state index in [1.54, 1.807) is 6.07 Å². The van der Waals surface area contributed by atoms with E-state index in [-0.39, 0.29) is 18.1 Å². The molecule has 1 aromatic heterocycles. The van der Waals surface area contributed by atoms with Gasteiger partial charge in [-0.15, -0.1) is 0 Å². The van der Waals surface area contributed by atoms with Gasteiger partial charge >= 0.3 is 5.97 Å². The molecule has 1 N–H and O–H groups in total. The van der Waals surface area contributed by atoms with Crippen LogP contribution in [0.2, 0.25) is 0 Å². The third kappa shape index (κ3) is 2.42. The lowest BCUT2D eigenvalue weighted by Gasteiger charge is -2.16. The molecule has 0 aliphatic carbocycles. The maximum absolute atomic E-state index is 13.5. The van der Waals surface area contributed by atoms with Gasteiger partial charge in [0, 0.05) is 6.54 Å². The van der Waals surface area contributed by atoms with Gasteiger partial charge in [0.2, 0.25) is 0 Å². The Hall–Kier alpha value is -2.11. The highest BCUT2D eigenvalue weighted by Crippen LogP contribution is 2.23. The van der Waals surface area contributed by atoms with Crippen LogP contribution in [0.25, 0.3) is 11.1 Å². The SMILES string of the molecule is CCCN(CC(=O)O)c1nc2c(F)cccc2o1. The molecule has 0 aliphatic rings. The number of carboxylic acids is 1. The van der Waals surface area contributed by atoms with Crippen LogP contribution in [0, 0.1) is 5.82 Å². The number of aromatic nitrogens is 1. The van der Waals surface area contributed by atoms with Gasteiger partial charge in [0.05, 0.1) is 0 Å². The summed E-state index contributed by atoms with van der Waals surface area (Å²) in [6, 6.07) is 4.54. The molecule has 0 atom stereocenters. The number of hydrogen-bond donors (Lipinski definition) is 1. The maximum atomic E-state index is 13.5. The number of para-hydroxylation sites is 1. The van der Waals surface area contributed by atoms with E-state index in [1.165, 1.54) is 17.0 Å². The first-order chi connectivity index (χ1) is 8.61. The Balaban J connectivity index is 2.38. The summed E-state index contributed by atoms with van der Waals surface area (Å²) in [6.07, 6.45) is 0.745. The number of carbonyl (C=O) groups is 1. The Morgan fingerprint density at radius 2 is 2.33 bits per heavy atom. The fraction of sp³-hybridized carbons (Fsp3) is 0.333. The number of aliphatic carboxylic acids is 1. The van der Waals surface area contributed by atoms with Gasteiger partial charge in [-0.3, -0.25) is 4.79 Å². The second-order valence-electron chi connectivity index (χ2n) is 3.90. The summed E-state index contributed by atoms with van der Waals surface area (Å²) in [7, 11) is 0. The van der Waals surface area contributed by atoms with Crippen LogP contribution in [0.4, 0.5) is 10.4 Å². The first-order valence-electron chi connectivity index (χ1n) is 5.63. The monoisotopic (exact) mass is 252 g/mol. The fourth-order valence-corrected chi connectivity index (χ4v) is 1.71. The minimum atomic E-state index is -0.980. The summed E-state index contributed by atoms with van der Waals surface area (Å²) in [5, 5.41) is 8.82. The molecule has 6 heteroatoms. The maximum Gasteiger partial charge on any atom is 0.323 e. The van der Waals surface area contributed by atoms with Crippen molar-refractivity contribution in [3.05, 3.63) is 24.0 Å². The lowest BCUT2D eigenvalue weighted by atomic mass is 10.3. The second-order valence-corrected chi connectivity index (χ2v) is 3.90. The van der Waals surface area contributed by atoms with E-state index in [1.807, 2.05) is 6.92 Å². The van der Waals surface area contributed by atoms with Crippen molar-refractivity contribution in [1.82, 2.24) is 4.98 Å². The summed E-state index contributed by atoms with van der Waals surface area (Å²) in [4.78, 5) is 16.2. The Kier molecular flexibility index (Phi) is 3.45. The minimum Gasteiger partial charge on any atom is -0.480 e. The van der Waals surface area contributed by atoms with Crippen molar-refractivity contribution in [2.75, 3.05) is 18.0 Å². The molecule has 0 saturated carbocycles. The van der Waals surface area contributed by atoms with Crippen molar-refractivity contribution in [1.29, 1.82) is 0 Å². The molecule has 0 aliphatic heterocycles. The van der Waals surface area contributed by atoms with E-state index >= 15 is 0 Å². The fourth-order valence-electron chi connectivity index (χ4n) is 1.71. The summed E-state index contributed by atoms with van der Waals surface area (Å²) >= 11 is 0. The molecular formula is C12H13FN2O3. The lowest BCUT2D eigenvalue weighted by Crippen LogP contribution is -2.30. The first-order valence-corrected chi connectivity index (χ1v) is 5.63. The van der Waals surface area contributed by atoms with Crippen LogP contribution in [0.5, 0.6) is 0 Å². The van der Waals surface area contributed by atoms with E-state index < -0.39 is 11.8 Å². The molecule has 0 saturated heterocycles. The quantitative estimate of drug-likeness (QED) is 0.884. The van der Waals surface area contributed by atoms with Gasteiger partial charge in [0.25, 0.3) is 6.01 Å². The van der Waals surface area contributed by atoms with Gasteiger partial charge in [-0.25, -0.2) is 4.39 Å². The standard InChI is InChI=1S/C12H13FN2O3/c1-2-6-15(7-10(16)17)12-14-11-8(13)4-3-5-9(11)18-12/h3-5H,2,6-7H2,1H3,(H,16,17). The molecule has 0 fully saturated rings. The molecule has 2 aromatic rings. The van der Waals surface area contributed by atoms with Crippen LogP contribution < -0.4 is 4.90 Å². The zero-order chi connectivity index (χ0) is 13.1. The molecule has 0 radical (unpaired) electrons. The van der Waals surface area contributed by atoms with Gasteiger partial charge in [-0.05, 0) is 18.6 Å². The van der Waals surface area contributed by atoms with Crippen molar-refractivity contribution in [2.45, 2.75) is 13.3 Å². The predicted octanol–water partition coefficient (Wildman–Crippen LogP) is 2.27. The molecule has 0 bridgehead atoms.